The summed E-state index contributed by atoms with van der Waals surface area (Å²) >= 11 is 0. The van der Waals surface area contributed by atoms with Gasteiger partial charge in [-0.25, -0.2) is 0 Å². The first-order valence-electron chi connectivity index (χ1n) is 14.3. The van der Waals surface area contributed by atoms with E-state index in [-0.39, 0.29) is 37.1 Å². The van der Waals surface area contributed by atoms with Gasteiger partial charge in [0.15, 0.2) is 24.2 Å². The van der Waals surface area contributed by atoms with E-state index in [4.69, 9.17) is 42.6 Å². The van der Waals surface area contributed by atoms with Gasteiger partial charge < -0.3 is 42.6 Å². The average molecular weight is 569 g/mol. The predicted octanol–water partition coefficient (Wildman–Crippen LogP) is 4.48. The Morgan fingerprint density at radius 2 is 1.24 bits per heavy atom. The maximum Gasteiger partial charge on any atom is 0.190 e. The van der Waals surface area contributed by atoms with E-state index >= 15 is 0 Å². The average Bonchev–Trinajstić information content (AvgIpc) is 3.46. The first kappa shape index (κ1) is 28.9. The molecule has 2 aromatic rings. The second kappa shape index (κ2) is 12.2. The van der Waals surface area contributed by atoms with Crippen molar-refractivity contribution in [2.45, 2.75) is 102 Å². The van der Waals surface area contributed by atoms with Crippen molar-refractivity contribution in [3.05, 3.63) is 83.9 Å². The Hall–Kier alpha value is -2.18. The molecule has 0 bridgehead atoms. The zero-order valence-corrected chi connectivity index (χ0v) is 24.0. The van der Waals surface area contributed by atoms with Crippen molar-refractivity contribution in [2.75, 3.05) is 13.2 Å². The quantitative estimate of drug-likeness (QED) is 0.385. The summed E-state index contributed by atoms with van der Waals surface area (Å²) in [6, 6.07) is 20.1. The third kappa shape index (κ3) is 7.07. The standard InChI is InChI=1S/C32H40O9/c1-31(2)38-27-25(37-30-29(28(27)39-31)40-32(3,4)41-30)20-35-26-16-15-23(34-18-22-13-9-6-10-14-22)24(36-26)19-33-17-21-11-7-5-8-12-21/h5-16,23-30H,17-20H2,1-4H3/t23-,24+,25+,26+,27-,28-,29+,30+/m0/s1. The molecule has 0 spiro atoms. The fourth-order valence-corrected chi connectivity index (χ4v) is 5.66. The Bertz CT molecular complexity index is 1150. The normalized spacial score (nSPS) is 35.2. The number of hydrogen-bond acceptors (Lipinski definition) is 9. The van der Waals surface area contributed by atoms with Gasteiger partial charge in [-0.3, -0.25) is 0 Å². The maximum absolute atomic E-state index is 6.35. The van der Waals surface area contributed by atoms with Crippen LogP contribution in [-0.4, -0.2) is 74.0 Å². The van der Waals surface area contributed by atoms with Crippen LogP contribution in [-0.2, 0) is 55.8 Å². The Labute approximate surface area is 241 Å². The third-order valence-corrected chi connectivity index (χ3v) is 7.49. The molecule has 3 fully saturated rings. The van der Waals surface area contributed by atoms with Crippen molar-refractivity contribution in [1.29, 1.82) is 0 Å². The molecule has 3 saturated heterocycles. The molecule has 4 heterocycles. The predicted molar refractivity (Wildman–Crippen MR) is 147 cm³/mol. The van der Waals surface area contributed by atoms with Crippen molar-refractivity contribution in [3.8, 4) is 0 Å². The number of fused-ring (bicyclic) bond motifs is 3. The maximum atomic E-state index is 6.35. The fraction of sp³-hybridized carbons (Fsp3) is 0.562. The largest absolute Gasteiger partial charge is 0.374 e. The van der Waals surface area contributed by atoms with Gasteiger partial charge in [0.25, 0.3) is 0 Å². The molecule has 0 aliphatic carbocycles. The topological polar surface area (TPSA) is 83.1 Å². The van der Waals surface area contributed by atoms with Gasteiger partial charge in [-0.05, 0) is 44.9 Å². The van der Waals surface area contributed by atoms with Crippen LogP contribution in [0.25, 0.3) is 0 Å². The minimum Gasteiger partial charge on any atom is -0.374 e. The van der Waals surface area contributed by atoms with E-state index in [1.807, 2.05) is 101 Å². The Kier molecular flexibility index (Phi) is 8.61. The van der Waals surface area contributed by atoms with Gasteiger partial charge in [0.05, 0.1) is 26.4 Å². The first-order valence-corrected chi connectivity index (χ1v) is 14.3. The molecular weight excluding hydrogens is 528 g/mol. The molecule has 0 unspecified atom stereocenters. The molecule has 0 saturated carbocycles. The minimum absolute atomic E-state index is 0.218. The van der Waals surface area contributed by atoms with Gasteiger partial charge in [-0.2, -0.15) is 0 Å². The fourth-order valence-electron chi connectivity index (χ4n) is 5.66. The molecule has 0 radical (unpaired) electrons. The highest BCUT2D eigenvalue weighted by atomic mass is 16.9. The smallest absolute Gasteiger partial charge is 0.190 e. The molecule has 0 aromatic heterocycles. The molecular formula is C32H40O9. The number of hydrogen-bond donors (Lipinski definition) is 0. The zero-order valence-electron chi connectivity index (χ0n) is 24.0. The Balaban J connectivity index is 1.09. The summed E-state index contributed by atoms with van der Waals surface area (Å²) in [5.41, 5.74) is 2.19. The van der Waals surface area contributed by atoms with E-state index in [1.165, 1.54) is 0 Å². The van der Waals surface area contributed by atoms with Gasteiger partial charge in [0.1, 0.15) is 36.6 Å². The van der Waals surface area contributed by atoms with E-state index in [0.717, 1.165) is 11.1 Å². The first-order chi connectivity index (χ1) is 19.7. The molecule has 6 rings (SSSR count). The lowest BCUT2D eigenvalue weighted by Gasteiger charge is -2.38. The molecule has 8 atom stereocenters. The van der Waals surface area contributed by atoms with Gasteiger partial charge in [-0.1, -0.05) is 66.7 Å². The lowest BCUT2D eigenvalue weighted by atomic mass is 9.99. The minimum atomic E-state index is -0.775. The van der Waals surface area contributed by atoms with E-state index in [0.29, 0.717) is 19.8 Å². The van der Waals surface area contributed by atoms with Crippen LogP contribution >= 0.6 is 0 Å². The van der Waals surface area contributed by atoms with E-state index in [1.54, 1.807) is 0 Å². The summed E-state index contributed by atoms with van der Waals surface area (Å²) in [5.74, 6) is -1.55. The lowest BCUT2D eigenvalue weighted by molar-refractivity contribution is -0.260. The van der Waals surface area contributed by atoms with E-state index < -0.39 is 30.3 Å². The lowest BCUT2D eigenvalue weighted by Crippen LogP contribution is -2.56. The van der Waals surface area contributed by atoms with Crippen LogP contribution in [0.5, 0.6) is 0 Å². The monoisotopic (exact) mass is 568 g/mol. The summed E-state index contributed by atoms with van der Waals surface area (Å²) in [6.45, 7) is 9.03. The molecule has 4 aliphatic rings. The van der Waals surface area contributed by atoms with Gasteiger partial charge >= 0.3 is 0 Å². The zero-order chi connectivity index (χ0) is 28.5. The second-order valence-corrected chi connectivity index (χ2v) is 11.7. The summed E-state index contributed by atoms with van der Waals surface area (Å²) < 4.78 is 55.7. The highest BCUT2D eigenvalue weighted by Crippen LogP contribution is 2.44. The Morgan fingerprint density at radius 3 is 1.98 bits per heavy atom. The van der Waals surface area contributed by atoms with Crippen molar-refractivity contribution in [2.24, 2.45) is 0 Å². The van der Waals surface area contributed by atoms with Crippen LogP contribution in [0.1, 0.15) is 38.8 Å². The van der Waals surface area contributed by atoms with Gasteiger partial charge in [-0.15, -0.1) is 0 Å². The van der Waals surface area contributed by atoms with Crippen molar-refractivity contribution < 1.29 is 42.6 Å². The molecule has 0 N–H and O–H groups in total. The molecule has 9 nitrogen and oxygen atoms in total. The second-order valence-electron chi connectivity index (χ2n) is 11.7. The van der Waals surface area contributed by atoms with Crippen molar-refractivity contribution in [3.63, 3.8) is 0 Å². The van der Waals surface area contributed by atoms with Crippen LogP contribution in [0.2, 0.25) is 0 Å². The molecule has 0 amide bonds. The molecule has 4 aliphatic heterocycles. The molecule has 2 aromatic carbocycles. The highest BCUT2D eigenvalue weighted by molar-refractivity contribution is 5.14. The van der Waals surface area contributed by atoms with E-state index in [2.05, 4.69) is 0 Å². The SMILES string of the molecule is CC1(C)O[C@H]2[C@@H](O1)[C@@H](CO[C@H]1C=C[C@H](OCc3ccccc3)[C@@H](COCc3ccccc3)O1)O[C@@H]1OC(C)(C)O[C@@H]12. The van der Waals surface area contributed by atoms with Crippen LogP contribution in [0.4, 0.5) is 0 Å². The highest BCUT2D eigenvalue weighted by Gasteiger charge is 2.60. The summed E-state index contributed by atoms with van der Waals surface area (Å²) in [4.78, 5) is 0. The van der Waals surface area contributed by atoms with Crippen molar-refractivity contribution in [1.82, 2.24) is 0 Å². The Morgan fingerprint density at radius 1 is 0.610 bits per heavy atom. The number of ether oxygens (including phenoxy) is 9. The summed E-state index contributed by atoms with van der Waals surface area (Å²) in [5, 5.41) is 0. The molecule has 41 heavy (non-hydrogen) atoms. The summed E-state index contributed by atoms with van der Waals surface area (Å²) in [6.07, 6.45) is 0.507. The summed E-state index contributed by atoms with van der Waals surface area (Å²) in [7, 11) is 0. The number of benzene rings is 2. The van der Waals surface area contributed by atoms with Crippen LogP contribution in [0, 0.1) is 0 Å². The van der Waals surface area contributed by atoms with Crippen LogP contribution in [0.3, 0.4) is 0 Å². The molecule has 222 valence electrons. The third-order valence-electron chi connectivity index (χ3n) is 7.49. The van der Waals surface area contributed by atoms with Gasteiger partial charge in [0, 0.05) is 0 Å². The van der Waals surface area contributed by atoms with Gasteiger partial charge in [0.2, 0.25) is 0 Å². The number of rotatable bonds is 10. The molecule has 9 heteroatoms. The van der Waals surface area contributed by atoms with Crippen LogP contribution in [0.15, 0.2) is 72.8 Å². The van der Waals surface area contributed by atoms with E-state index in [9.17, 15) is 0 Å². The van der Waals surface area contributed by atoms with Crippen molar-refractivity contribution >= 4 is 0 Å². The van der Waals surface area contributed by atoms with Crippen LogP contribution < -0.4 is 0 Å².